The number of hydrogen-bond donors (Lipinski definition) is 0. The lowest BCUT2D eigenvalue weighted by atomic mass is 9.81. The van der Waals surface area contributed by atoms with E-state index in [0.29, 0.717) is 0 Å². The van der Waals surface area contributed by atoms with Gasteiger partial charge in [0.2, 0.25) is 0 Å². The Balaban J connectivity index is 1.10. The second-order valence-electron chi connectivity index (χ2n) is 14.9. The van der Waals surface area contributed by atoms with Crippen LogP contribution in [-0.2, 0) is 5.41 Å². The van der Waals surface area contributed by atoms with E-state index in [2.05, 4.69) is 219 Å². The fraction of sp³-hybridized carbons (Fsp3) is 0.0566. The zero-order valence-electron chi connectivity index (χ0n) is 30.5. The van der Waals surface area contributed by atoms with Crippen molar-refractivity contribution in [2.45, 2.75) is 19.3 Å². The average molecular weight is 690 g/mol. The van der Waals surface area contributed by atoms with E-state index in [-0.39, 0.29) is 5.41 Å². The summed E-state index contributed by atoms with van der Waals surface area (Å²) in [6.45, 7) is 4.74. The molecule has 0 radical (unpaired) electrons. The van der Waals surface area contributed by atoms with Gasteiger partial charge in [0.1, 0.15) is 0 Å². The Labute approximate surface area is 317 Å². The molecule has 0 saturated heterocycles. The Kier molecular flexibility index (Phi) is 7.56. The van der Waals surface area contributed by atoms with Gasteiger partial charge in [0.25, 0.3) is 0 Å². The van der Waals surface area contributed by atoms with Crippen LogP contribution in [-0.4, -0.2) is 0 Å². The Morgan fingerprint density at radius 2 is 0.889 bits per heavy atom. The minimum Gasteiger partial charge on any atom is -0.310 e. The zero-order chi connectivity index (χ0) is 36.2. The third-order valence-corrected chi connectivity index (χ3v) is 11.4. The van der Waals surface area contributed by atoms with Crippen molar-refractivity contribution in [3.05, 3.63) is 211 Å². The molecule has 0 aromatic heterocycles. The van der Waals surface area contributed by atoms with Gasteiger partial charge in [0.05, 0.1) is 0 Å². The van der Waals surface area contributed by atoms with E-state index < -0.39 is 0 Å². The highest BCUT2D eigenvalue weighted by molar-refractivity contribution is 6.04. The molecule has 0 bridgehead atoms. The summed E-state index contributed by atoms with van der Waals surface area (Å²) in [5.41, 5.74) is 16.1. The van der Waals surface area contributed by atoms with E-state index in [1.165, 1.54) is 77.2 Å². The van der Waals surface area contributed by atoms with Gasteiger partial charge in [-0.05, 0) is 126 Å². The van der Waals surface area contributed by atoms with Gasteiger partial charge in [-0.3, -0.25) is 0 Å². The molecule has 1 heteroatoms. The highest BCUT2D eigenvalue weighted by Gasteiger charge is 2.37. The monoisotopic (exact) mass is 689 g/mol. The maximum Gasteiger partial charge on any atom is 0.0465 e. The van der Waals surface area contributed by atoms with Crippen LogP contribution in [0.3, 0.4) is 0 Å². The van der Waals surface area contributed by atoms with Crippen molar-refractivity contribution in [1.29, 1.82) is 0 Å². The summed E-state index contributed by atoms with van der Waals surface area (Å²) in [6.07, 6.45) is 0. The summed E-state index contributed by atoms with van der Waals surface area (Å²) in [5, 5.41) is 5.00. The summed E-state index contributed by atoms with van der Waals surface area (Å²) in [4.78, 5) is 2.40. The summed E-state index contributed by atoms with van der Waals surface area (Å²) < 4.78 is 0. The van der Waals surface area contributed by atoms with Gasteiger partial charge in [-0.25, -0.2) is 0 Å². The molecular formula is C53H39N. The third kappa shape index (κ3) is 5.24. The molecule has 10 rings (SSSR count). The van der Waals surface area contributed by atoms with Gasteiger partial charge in [-0.1, -0.05) is 166 Å². The van der Waals surface area contributed by atoms with Crippen LogP contribution in [0.2, 0.25) is 0 Å². The first-order valence-corrected chi connectivity index (χ1v) is 18.8. The van der Waals surface area contributed by atoms with E-state index in [1.54, 1.807) is 0 Å². The topological polar surface area (TPSA) is 3.24 Å². The molecule has 256 valence electrons. The molecule has 0 heterocycles. The second kappa shape index (κ2) is 12.8. The van der Waals surface area contributed by atoms with Crippen molar-refractivity contribution >= 4 is 38.6 Å². The molecule has 9 aromatic rings. The fourth-order valence-electron chi connectivity index (χ4n) is 8.75. The minimum atomic E-state index is -0.147. The first-order chi connectivity index (χ1) is 26.5. The maximum absolute atomic E-state index is 2.42. The number of anilines is 3. The molecule has 0 spiro atoms. The Hall–Kier alpha value is -6.70. The van der Waals surface area contributed by atoms with Gasteiger partial charge in [0.15, 0.2) is 0 Å². The first-order valence-electron chi connectivity index (χ1n) is 18.8. The van der Waals surface area contributed by atoms with Gasteiger partial charge in [0, 0.05) is 22.5 Å². The third-order valence-electron chi connectivity index (χ3n) is 11.4. The van der Waals surface area contributed by atoms with Crippen LogP contribution in [0.1, 0.15) is 25.0 Å². The molecule has 1 nitrogen and oxygen atoms in total. The zero-order valence-corrected chi connectivity index (χ0v) is 30.5. The molecular weight excluding hydrogens is 651 g/mol. The maximum atomic E-state index is 2.42. The van der Waals surface area contributed by atoms with Crippen molar-refractivity contribution in [2.24, 2.45) is 0 Å². The van der Waals surface area contributed by atoms with Crippen LogP contribution < -0.4 is 4.90 Å². The first kappa shape index (κ1) is 32.0. The Morgan fingerprint density at radius 3 is 1.65 bits per heavy atom. The van der Waals surface area contributed by atoms with Crippen LogP contribution in [0.25, 0.3) is 66.1 Å². The molecule has 0 atom stereocenters. The van der Waals surface area contributed by atoms with Crippen molar-refractivity contribution in [2.75, 3.05) is 4.90 Å². The smallest absolute Gasteiger partial charge is 0.0465 e. The number of fused-ring (bicyclic) bond motifs is 5. The lowest BCUT2D eigenvalue weighted by Gasteiger charge is -2.28. The number of benzene rings is 9. The molecule has 0 N–H and O–H groups in total. The van der Waals surface area contributed by atoms with Gasteiger partial charge in [-0.2, -0.15) is 0 Å². The molecule has 9 aromatic carbocycles. The van der Waals surface area contributed by atoms with E-state index >= 15 is 0 Å². The molecule has 0 amide bonds. The van der Waals surface area contributed by atoms with Crippen LogP contribution >= 0.6 is 0 Å². The SMILES string of the molecule is CC1(C)c2cc(N(c3ccccc3)c3ccc(-c4cc5ccccc5cc4-c4cccc5ccccc45)cc3)ccc2-c2c(-c3ccccc3)cccc21. The highest BCUT2D eigenvalue weighted by Crippen LogP contribution is 2.53. The second-order valence-corrected chi connectivity index (χ2v) is 14.9. The molecule has 54 heavy (non-hydrogen) atoms. The molecule has 0 saturated carbocycles. The average Bonchev–Trinajstić information content (AvgIpc) is 3.46. The van der Waals surface area contributed by atoms with Crippen LogP contribution in [0.4, 0.5) is 17.1 Å². The Bertz CT molecular complexity index is 2830. The van der Waals surface area contributed by atoms with E-state index in [1.807, 2.05) is 0 Å². The van der Waals surface area contributed by atoms with Crippen LogP contribution in [0.5, 0.6) is 0 Å². The highest BCUT2D eigenvalue weighted by atomic mass is 15.1. The van der Waals surface area contributed by atoms with Gasteiger partial charge in [-0.15, -0.1) is 0 Å². The predicted molar refractivity (Wildman–Crippen MR) is 230 cm³/mol. The van der Waals surface area contributed by atoms with Crippen molar-refractivity contribution < 1.29 is 0 Å². The number of para-hydroxylation sites is 1. The summed E-state index contributed by atoms with van der Waals surface area (Å²) in [7, 11) is 0. The summed E-state index contributed by atoms with van der Waals surface area (Å²) >= 11 is 0. The van der Waals surface area contributed by atoms with E-state index in [9.17, 15) is 0 Å². The predicted octanol–water partition coefficient (Wildman–Crippen LogP) is 14.8. The quantitative estimate of drug-likeness (QED) is 0.168. The molecule has 0 fully saturated rings. The number of hydrogen-bond acceptors (Lipinski definition) is 1. The van der Waals surface area contributed by atoms with Crippen LogP contribution in [0, 0.1) is 0 Å². The lowest BCUT2D eigenvalue weighted by Crippen LogP contribution is -2.16. The standard InChI is InChI=1S/C53H39N/c1-53(2)50-26-14-24-45(37-15-5-3-6-16-37)52(50)47-32-31-43(35-51(47)53)54(41-21-7-4-8-22-41)42-29-27-38(28-30-42)48-33-39-18-9-10-19-40(39)34-49(48)46-25-13-20-36-17-11-12-23-44(36)46/h3-35H,1-2H3. The van der Waals surface area contributed by atoms with Crippen molar-refractivity contribution in [3.63, 3.8) is 0 Å². The lowest BCUT2D eigenvalue weighted by molar-refractivity contribution is 0.660. The molecule has 0 aliphatic heterocycles. The van der Waals surface area contributed by atoms with E-state index in [4.69, 9.17) is 0 Å². The largest absolute Gasteiger partial charge is 0.310 e. The summed E-state index contributed by atoms with van der Waals surface area (Å²) in [5.74, 6) is 0. The summed E-state index contributed by atoms with van der Waals surface area (Å²) in [6, 6.07) is 73.3. The molecule has 1 aliphatic carbocycles. The van der Waals surface area contributed by atoms with Gasteiger partial charge < -0.3 is 4.90 Å². The van der Waals surface area contributed by atoms with Crippen molar-refractivity contribution in [1.82, 2.24) is 0 Å². The van der Waals surface area contributed by atoms with Crippen LogP contribution in [0.15, 0.2) is 200 Å². The number of rotatable bonds is 6. The normalized spacial score (nSPS) is 12.8. The minimum absolute atomic E-state index is 0.147. The number of nitrogens with zero attached hydrogens (tertiary/aromatic N) is 1. The molecule has 0 unspecified atom stereocenters. The Morgan fingerprint density at radius 1 is 0.333 bits per heavy atom. The van der Waals surface area contributed by atoms with Crippen molar-refractivity contribution in [3.8, 4) is 44.5 Å². The fourth-order valence-corrected chi connectivity index (χ4v) is 8.75. The van der Waals surface area contributed by atoms with E-state index in [0.717, 1.165) is 17.1 Å². The molecule has 1 aliphatic rings. The van der Waals surface area contributed by atoms with Gasteiger partial charge >= 0.3 is 0 Å².